The van der Waals surface area contributed by atoms with Gasteiger partial charge in [0.15, 0.2) is 11.6 Å². The molecular weight excluding hydrogens is 263 g/mol. The Morgan fingerprint density at radius 3 is 2.30 bits per heavy atom. The van der Waals surface area contributed by atoms with Crippen molar-refractivity contribution < 1.29 is 23.5 Å². The lowest BCUT2D eigenvalue weighted by atomic mass is 9.99. The number of esters is 2. The Morgan fingerprint density at radius 2 is 1.70 bits per heavy atom. The second kappa shape index (κ2) is 7.03. The fourth-order valence-corrected chi connectivity index (χ4v) is 1.27. The number of hydrogen-bond acceptors (Lipinski definition) is 4. The molecule has 0 bridgehead atoms. The number of carbonyl (C=O) groups excluding carboxylic acids is 2. The van der Waals surface area contributed by atoms with Crippen LogP contribution in [0.3, 0.4) is 0 Å². The zero-order valence-electron chi connectivity index (χ0n) is 11.9. The first-order valence-electron chi connectivity index (χ1n) is 6.39. The van der Waals surface area contributed by atoms with Crippen molar-refractivity contribution in [1.29, 1.82) is 0 Å². The van der Waals surface area contributed by atoms with Crippen molar-refractivity contribution in [1.82, 2.24) is 0 Å². The molecule has 0 saturated heterocycles. The van der Waals surface area contributed by atoms with Crippen LogP contribution in [0.25, 0.3) is 0 Å². The third kappa shape index (κ3) is 6.31. The van der Waals surface area contributed by atoms with E-state index in [2.05, 4.69) is 0 Å². The number of benzene rings is 1. The molecular formula is C15H19FO4. The average molecular weight is 282 g/mol. The van der Waals surface area contributed by atoms with Gasteiger partial charge in [-0.25, -0.2) is 4.39 Å². The van der Waals surface area contributed by atoms with Crippen LogP contribution in [0.5, 0.6) is 5.75 Å². The molecule has 0 radical (unpaired) electrons. The number of para-hydroxylation sites is 1. The number of halogens is 1. The molecule has 1 rings (SSSR count). The minimum absolute atomic E-state index is 0.0800. The van der Waals surface area contributed by atoms with Gasteiger partial charge in [-0.2, -0.15) is 0 Å². The SMILES string of the molecule is CC(C)(C)COC(=O)CCC(=O)Oc1ccccc1F. The minimum Gasteiger partial charge on any atom is -0.465 e. The second-order valence-electron chi connectivity index (χ2n) is 5.63. The summed E-state index contributed by atoms with van der Waals surface area (Å²) < 4.78 is 23.1. The Kier molecular flexibility index (Phi) is 5.67. The summed E-state index contributed by atoms with van der Waals surface area (Å²) in [6, 6.07) is 5.60. The molecule has 0 unspecified atom stereocenters. The average Bonchev–Trinajstić information content (AvgIpc) is 2.36. The van der Waals surface area contributed by atoms with E-state index < -0.39 is 17.8 Å². The molecule has 5 heteroatoms. The fraction of sp³-hybridized carbons (Fsp3) is 0.467. The monoisotopic (exact) mass is 282 g/mol. The van der Waals surface area contributed by atoms with Gasteiger partial charge in [0.25, 0.3) is 0 Å². The molecule has 0 aromatic heterocycles. The smallest absolute Gasteiger partial charge is 0.311 e. The number of carbonyl (C=O) groups is 2. The third-order valence-electron chi connectivity index (χ3n) is 2.26. The largest absolute Gasteiger partial charge is 0.465 e. The molecule has 0 aliphatic rings. The molecule has 20 heavy (non-hydrogen) atoms. The predicted molar refractivity (Wildman–Crippen MR) is 71.7 cm³/mol. The molecule has 0 aliphatic carbocycles. The molecule has 0 saturated carbocycles. The molecule has 1 aromatic rings. The van der Waals surface area contributed by atoms with Crippen LogP contribution in [0.1, 0.15) is 33.6 Å². The topological polar surface area (TPSA) is 52.6 Å². The summed E-state index contributed by atoms with van der Waals surface area (Å²) in [5.41, 5.74) is -0.122. The van der Waals surface area contributed by atoms with Gasteiger partial charge in [0.05, 0.1) is 19.4 Å². The zero-order valence-corrected chi connectivity index (χ0v) is 11.9. The van der Waals surface area contributed by atoms with Crippen LogP contribution < -0.4 is 4.74 Å². The van der Waals surface area contributed by atoms with E-state index in [4.69, 9.17) is 9.47 Å². The summed E-state index contributed by atoms with van der Waals surface area (Å²) in [6.07, 6.45) is -0.222. The van der Waals surface area contributed by atoms with E-state index in [0.717, 1.165) is 0 Å². The first kappa shape index (κ1) is 16.1. The molecule has 4 nitrogen and oxygen atoms in total. The van der Waals surface area contributed by atoms with Gasteiger partial charge in [-0.1, -0.05) is 32.9 Å². The Balaban J connectivity index is 2.33. The molecule has 0 amide bonds. The standard InChI is InChI=1S/C15H19FO4/c1-15(2,3)10-19-13(17)8-9-14(18)20-12-7-5-4-6-11(12)16/h4-7H,8-10H2,1-3H3. The van der Waals surface area contributed by atoms with Crippen LogP contribution >= 0.6 is 0 Å². The van der Waals surface area contributed by atoms with Crippen LogP contribution in [0.4, 0.5) is 4.39 Å². The van der Waals surface area contributed by atoms with E-state index in [0.29, 0.717) is 0 Å². The molecule has 1 aromatic carbocycles. The molecule has 0 N–H and O–H groups in total. The van der Waals surface area contributed by atoms with E-state index in [1.807, 2.05) is 20.8 Å². The summed E-state index contributed by atoms with van der Waals surface area (Å²) in [4.78, 5) is 22.9. The van der Waals surface area contributed by atoms with Crippen molar-refractivity contribution in [3.05, 3.63) is 30.1 Å². The highest BCUT2D eigenvalue weighted by Crippen LogP contribution is 2.16. The van der Waals surface area contributed by atoms with Crippen molar-refractivity contribution in [3.8, 4) is 5.75 Å². The van der Waals surface area contributed by atoms with Crippen LogP contribution in [0.2, 0.25) is 0 Å². The maximum Gasteiger partial charge on any atom is 0.311 e. The van der Waals surface area contributed by atoms with Gasteiger partial charge < -0.3 is 9.47 Å². The predicted octanol–water partition coefficient (Wildman–Crippen LogP) is 3.10. The molecule has 0 fully saturated rings. The maximum atomic E-state index is 13.2. The first-order chi connectivity index (χ1) is 9.28. The van der Waals surface area contributed by atoms with Crippen molar-refractivity contribution >= 4 is 11.9 Å². The highest BCUT2D eigenvalue weighted by molar-refractivity contribution is 5.79. The molecule has 0 spiro atoms. The lowest BCUT2D eigenvalue weighted by Crippen LogP contribution is -2.19. The Bertz CT molecular complexity index is 477. The summed E-state index contributed by atoms with van der Waals surface area (Å²) in [5, 5.41) is 0. The van der Waals surface area contributed by atoms with E-state index >= 15 is 0 Å². The van der Waals surface area contributed by atoms with Crippen LogP contribution in [-0.4, -0.2) is 18.5 Å². The Hall–Kier alpha value is -1.91. The van der Waals surface area contributed by atoms with E-state index in [1.165, 1.54) is 18.2 Å². The number of rotatable bonds is 5. The highest BCUT2D eigenvalue weighted by Gasteiger charge is 2.16. The lowest BCUT2D eigenvalue weighted by Gasteiger charge is -2.17. The van der Waals surface area contributed by atoms with Gasteiger partial charge in [0.1, 0.15) is 0 Å². The summed E-state index contributed by atoms with van der Waals surface area (Å²) in [7, 11) is 0. The summed E-state index contributed by atoms with van der Waals surface area (Å²) >= 11 is 0. The number of ether oxygens (including phenoxy) is 2. The van der Waals surface area contributed by atoms with Crippen LogP contribution in [0.15, 0.2) is 24.3 Å². The van der Waals surface area contributed by atoms with Crippen molar-refractivity contribution in [2.75, 3.05) is 6.61 Å². The van der Waals surface area contributed by atoms with Gasteiger partial charge in [0.2, 0.25) is 0 Å². The minimum atomic E-state index is -0.664. The van der Waals surface area contributed by atoms with Crippen LogP contribution in [-0.2, 0) is 14.3 Å². The van der Waals surface area contributed by atoms with Gasteiger partial charge in [-0.3, -0.25) is 9.59 Å². The highest BCUT2D eigenvalue weighted by atomic mass is 19.1. The van der Waals surface area contributed by atoms with Gasteiger partial charge >= 0.3 is 11.9 Å². The molecule has 110 valence electrons. The lowest BCUT2D eigenvalue weighted by molar-refractivity contribution is -0.149. The van der Waals surface area contributed by atoms with Crippen molar-refractivity contribution in [2.45, 2.75) is 33.6 Å². The van der Waals surface area contributed by atoms with Crippen molar-refractivity contribution in [2.24, 2.45) is 5.41 Å². The van der Waals surface area contributed by atoms with Gasteiger partial charge in [0, 0.05) is 0 Å². The molecule has 0 aliphatic heterocycles. The maximum absolute atomic E-state index is 13.2. The van der Waals surface area contributed by atoms with E-state index in [-0.39, 0.29) is 30.6 Å². The molecule has 0 heterocycles. The number of hydrogen-bond donors (Lipinski definition) is 0. The summed E-state index contributed by atoms with van der Waals surface area (Å²) in [6.45, 7) is 6.10. The van der Waals surface area contributed by atoms with E-state index in [9.17, 15) is 14.0 Å². The normalized spacial score (nSPS) is 11.0. The van der Waals surface area contributed by atoms with Gasteiger partial charge in [-0.05, 0) is 17.5 Å². The first-order valence-corrected chi connectivity index (χ1v) is 6.39. The second-order valence-corrected chi connectivity index (χ2v) is 5.63. The Morgan fingerprint density at radius 1 is 1.10 bits per heavy atom. The third-order valence-corrected chi connectivity index (χ3v) is 2.26. The van der Waals surface area contributed by atoms with Crippen molar-refractivity contribution in [3.63, 3.8) is 0 Å². The fourth-order valence-electron chi connectivity index (χ4n) is 1.27. The Labute approximate surface area is 117 Å². The van der Waals surface area contributed by atoms with Crippen LogP contribution in [0, 0.1) is 11.2 Å². The van der Waals surface area contributed by atoms with E-state index in [1.54, 1.807) is 6.07 Å². The molecule has 0 atom stereocenters. The quantitative estimate of drug-likeness (QED) is 0.615. The van der Waals surface area contributed by atoms with Gasteiger partial charge in [-0.15, -0.1) is 0 Å². The zero-order chi connectivity index (χ0) is 15.2. The summed E-state index contributed by atoms with van der Waals surface area (Å²) in [5.74, 6) is -1.88.